The lowest BCUT2D eigenvalue weighted by atomic mass is 9.70. The monoisotopic (exact) mass is 326 g/mol. The molecule has 5 rings (SSSR count). The van der Waals surface area contributed by atoms with E-state index in [0.29, 0.717) is 12.2 Å². The maximum Gasteiger partial charge on any atom is 0.143 e. The highest BCUT2D eigenvalue weighted by Crippen LogP contribution is 2.48. The van der Waals surface area contributed by atoms with Crippen molar-refractivity contribution in [3.8, 4) is 0 Å². The standard InChI is InChI=1S/C22H18N2O/c25-19-9-3-8-17-22(19)20(15-6-4-12-23-13-15)21-16-7-2-1-5-14(16)10-11-18(21)24-17/h1-2,4-8,10-13,20,22,24H,3,9H2/t20-,22+/m1/s1. The van der Waals surface area contributed by atoms with Crippen LogP contribution in [0.5, 0.6) is 0 Å². The van der Waals surface area contributed by atoms with Gasteiger partial charge in [0, 0.05) is 36.1 Å². The quantitative estimate of drug-likeness (QED) is 0.707. The molecular formula is C22H18N2O. The normalized spacial score (nSPS) is 21.9. The van der Waals surface area contributed by atoms with Crippen molar-refractivity contribution in [2.75, 3.05) is 5.32 Å². The molecule has 2 aromatic carbocycles. The third kappa shape index (κ3) is 2.19. The van der Waals surface area contributed by atoms with E-state index in [0.717, 1.165) is 23.4 Å². The SMILES string of the molecule is O=C1CCC=C2Nc3ccc4ccccc4c3[C@@H](c3cccnc3)[C@H]12. The van der Waals surface area contributed by atoms with Crippen LogP contribution in [0, 0.1) is 5.92 Å². The number of carbonyl (C=O) groups is 1. The van der Waals surface area contributed by atoms with Gasteiger partial charge in [-0.25, -0.2) is 0 Å². The van der Waals surface area contributed by atoms with Gasteiger partial charge in [-0.15, -0.1) is 0 Å². The Morgan fingerprint density at radius 2 is 1.92 bits per heavy atom. The van der Waals surface area contributed by atoms with Gasteiger partial charge in [0.25, 0.3) is 0 Å². The van der Waals surface area contributed by atoms with Crippen LogP contribution in [0.15, 0.2) is 72.7 Å². The molecule has 0 bridgehead atoms. The number of anilines is 1. The molecule has 25 heavy (non-hydrogen) atoms. The molecule has 0 amide bonds. The molecule has 0 spiro atoms. The highest BCUT2D eigenvalue weighted by atomic mass is 16.1. The summed E-state index contributed by atoms with van der Waals surface area (Å²) in [4.78, 5) is 17.2. The van der Waals surface area contributed by atoms with Crippen LogP contribution in [0.3, 0.4) is 0 Å². The Balaban J connectivity index is 1.84. The number of Topliss-reactive ketones (excluding diaryl/α,β-unsaturated/α-hetero) is 1. The number of ketones is 1. The predicted octanol–water partition coefficient (Wildman–Crippen LogP) is 4.66. The highest BCUT2D eigenvalue weighted by molar-refractivity contribution is 5.96. The molecule has 2 aliphatic rings. The zero-order valence-electron chi connectivity index (χ0n) is 13.8. The molecule has 0 fully saturated rings. The maximum atomic E-state index is 12.9. The van der Waals surface area contributed by atoms with Crippen molar-refractivity contribution in [1.29, 1.82) is 0 Å². The maximum absolute atomic E-state index is 12.9. The molecule has 1 aliphatic carbocycles. The van der Waals surface area contributed by atoms with E-state index in [2.05, 4.69) is 58.8 Å². The van der Waals surface area contributed by atoms with Crippen molar-refractivity contribution >= 4 is 22.2 Å². The van der Waals surface area contributed by atoms with E-state index in [1.54, 1.807) is 6.20 Å². The van der Waals surface area contributed by atoms with Gasteiger partial charge >= 0.3 is 0 Å². The molecule has 1 aliphatic heterocycles. The zero-order valence-corrected chi connectivity index (χ0v) is 13.8. The Kier molecular flexibility index (Phi) is 3.20. The molecule has 2 atom stereocenters. The molecule has 1 aromatic heterocycles. The highest BCUT2D eigenvalue weighted by Gasteiger charge is 2.40. The van der Waals surface area contributed by atoms with Crippen LogP contribution in [-0.2, 0) is 4.79 Å². The van der Waals surface area contributed by atoms with Crippen molar-refractivity contribution in [2.24, 2.45) is 5.92 Å². The van der Waals surface area contributed by atoms with Crippen LogP contribution in [0.2, 0.25) is 0 Å². The van der Waals surface area contributed by atoms with Gasteiger partial charge in [-0.3, -0.25) is 9.78 Å². The Morgan fingerprint density at radius 3 is 2.80 bits per heavy atom. The molecule has 0 unspecified atom stereocenters. The summed E-state index contributed by atoms with van der Waals surface area (Å²) >= 11 is 0. The van der Waals surface area contributed by atoms with Gasteiger partial charge in [-0.05, 0) is 40.5 Å². The third-order valence-electron chi connectivity index (χ3n) is 5.37. The second-order valence-electron chi connectivity index (χ2n) is 6.78. The Bertz CT molecular complexity index is 1010. The number of rotatable bonds is 1. The summed E-state index contributed by atoms with van der Waals surface area (Å²) in [5.41, 5.74) is 4.47. The number of pyridine rings is 1. The summed E-state index contributed by atoms with van der Waals surface area (Å²) in [5, 5.41) is 5.95. The molecule has 3 aromatic rings. The van der Waals surface area contributed by atoms with E-state index in [-0.39, 0.29) is 11.8 Å². The fourth-order valence-corrected chi connectivity index (χ4v) is 4.30. The van der Waals surface area contributed by atoms with Gasteiger partial charge < -0.3 is 5.32 Å². The first-order valence-electron chi connectivity index (χ1n) is 8.74. The molecule has 2 heterocycles. The Hall–Kier alpha value is -2.94. The average molecular weight is 326 g/mol. The zero-order chi connectivity index (χ0) is 16.8. The first-order valence-corrected chi connectivity index (χ1v) is 8.74. The third-order valence-corrected chi connectivity index (χ3v) is 5.37. The molecular weight excluding hydrogens is 308 g/mol. The average Bonchev–Trinajstić information content (AvgIpc) is 2.67. The minimum Gasteiger partial charge on any atom is -0.358 e. The van der Waals surface area contributed by atoms with E-state index >= 15 is 0 Å². The molecule has 0 saturated heterocycles. The Labute approximate surface area is 146 Å². The summed E-state index contributed by atoms with van der Waals surface area (Å²) in [6.45, 7) is 0. The molecule has 3 nitrogen and oxygen atoms in total. The fourth-order valence-electron chi connectivity index (χ4n) is 4.30. The number of nitrogens with one attached hydrogen (secondary N) is 1. The number of allylic oxidation sites excluding steroid dienone is 2. The first kappa shape index (κ1) is 14.4. The number of hydrogen-bond acceptors (Lipinski definition) is 3. The number of fused-ring (bicyclic) bond motifs is 4. The van der Waals surface area contributed by atoms with E-state index in [9.17, 15) is 4.79 Å². The summed E-state index contributed by atoms with van der Waals surface area (Å²) in [6.07, 6.45) is 7.32. The smallest absolute Gasteiger partial charge is 0.143 e. The predicted molar refractivity (Wildman–Crippen MR) is 99.5 cm³/mol. The lowest BCUT2D eigenvalue weighted by molar-refractivity contribution is -0.122. The van der Waals surface area contributed by atoms with Crippen LogP contribution < -0.4 is 5.32 Å². The van der Waals surface area contributed by atoms with Crippen molar-refractivity contribution in [2.45, 2.75) is 18.8 Å². The largest absolute Gasteiger partial charge is 0.358 e. The van der Waals surface area contributed by atoms with Crippen LogP contribution in [0.4, 0.5) is 5.69 Å². The van der Waals surface area contributed by atoms with Gasteiger partial charge in [0.15, 0.2) is 0 Å². The lowest BCUT2D eigenvalue weighted by Crippen LogP contribution is -2.34. The van der Waals surface area contributed by atoms with Gasteiger partial charge in [0.1, 0.15) is 5.78 Å². The van der Waals surface area contributed by atoms with Crippen molar-refractivity contribution < 1.29 is 4.79 Å². The van der Waals surface area contributed by atoms with Crippen molar-refractivity contribution in [1.82, 2.24) is 4.98 Å². The van der Waals surface area contributed by atoms with Crippen molar-refractivity contribution in [3.05, 3.63) is 83.8 Å². The topological polar surface area (TPSA) is 42.0 Å². The number of hydrogen-bond donors (Lipinski definition) is 1. The van der Waals surface area contributed by atoms with Gasteiger partial charge in [0.2, 0.25) is 0 Å². The van der Waals surface area contributed by atoms with Crippen LogP contribution in [-0.4, -0.2) is 10.8 Å². The van der Waals surface area contributed by atoms with Gasteiger partial charge in [-0.1, -0.05) is 42.5 Å². The molecule has 0 radical (unpaired) electrons. The van der Waals surface area contributed by atoms with Gasteiger partial charge in [0.05, 0.1) is 5.92 Å². The second kappa shape index (κ2) is 5.55. The number of carbonyl (C=O) groups excluding carboxylic acids is 1. The van der Waals surface area contributed by atoms with Crippen molar-refractivity contribution in [3.63, 3.8) is 0 Å². The van der Waals surface area contributed by atoms with E-state index in [1.165, 1.54) is 16.3 Å². The molecule has 1 N–H and O–H groups in total. The summed E-state index contributed by atoms with van der Waals surface area (Å²) in [5.74, 6) is 0.184. The lowest BCUT2D eigenvalue weighted by Gasteiger charge is -2.38. The molecule has 122 valence electrons. The van der Waals surface area contributed by atoms with E-state index in [4.69, 9.17) is 0 Å². The number of nitrogens with zero attached hydrogens (tertiary/aromatic N) is 1. The first-order chi connectivity index (χ1) is 12.3. The summed E-state index contributed by atoms with van der Waals surface area (Å²) < 4.78 is 0. The van der Waals surface area contributed by atoms with Gasteiger partial charge in [-0.2, -0.15) is 0 Å². The number of aromatic nitrogens is 1. The summed E-state index contributed by atoms with van der Waals surface area (Å²) in [7, 11) is 0. The molecule has 0 saturated carbocycles. The van der Waals surface area contributed by atoms with Crippen LogP contribution in [0.25, 0.3) is 10.8 Å². The van der Waals surface area contributed by atoms with E-state index < -0.39 is 0 Å². The Morgan fingerprint density at radius 1 is 1.00 bits per heavy atom. The fraction of sp³-hybridized carbons (Fsp3) is 0.182. The minimum atomic E-state index is -0.142. The summed E-state index contributed by atoms with van der Waals surface area (Å²) in [6, 6.07) is 16.7. The van der Waals surface area contributed by atoms with E-state index in [1.807, 2.05) is 12.3 Å². The van der Waals surface area contributed by atoms with Crippen LogP contribution in [0.1, 0.15) is 29.9 Å². The minimum absolute atomic E-state index is 0.00935. The molecule has 3 heteroatoms. The number of benzene rings is 2. The second-order valence-corrected chi connectivity index (χ2v) is 6.78. The van der Waals surface area contributed by atoms with Crippen LogP contribution >= 0.6 is 0 Å².